The van der Waals surface area contributed by atoms with E-state index in [2.05, 4.69) is 41.6 Å². The highest BCUT2D eigenvalue weighted by molar-refractivity contribution is 9.10. The average Bonchev–Trinajstić information content (AvgIpc) is 2.39. The molecule has 0 aliphatic rings. The van der Waals surface area contributed by atoms with Crippen LogP contribution in [0, 0.1) is 11.7 Å². The summed E-state index contributed by atoms with van der Waals surface area (Å²) in [6.45, 7) is 9.53. The summed E-state index contributed by atoms with van der Waals surface area (Å²) in [5.41, 5.74) is 1.03. The molecule has 1 nitrogen and oxygen atoms in total. The summed E-state index contributed by atoms with van der Waals surface area (Å²) in [5, 5.41) is 0. The van der Waals surface area contributed by atoms with E-state index < -0.39 is 0 Å². The number of halogens is 2. The molecule has 0 bridgehead atoms. The predicted molar refractivity (Wildman–Crippen MR) is 79.1 cm³/mol. The Labute approximate surface area is 119 Å². The second-order valence-corrected chi connectivity index (χ2v) is 5.52. The summed E-state index contributed by atoms with van der Waals surface area (Å²) < 4.78 is 14.1. The molecule has 0 unspecified atom stereocenters. The Morgan fingerprint density at radius 1 is 1.22 bits per heavy atom. The van der Waals surface area contributed by atoms with Gasteiger partial charge in [0, 0.05) is 13.1 Å². The Morgan fingerprint density at radius 2 is 1.89 bits per heavy atom. The van der Waals surface area contributed by atoms with Crippen LogP contribution in [0.5, 0.6) is 0 Å². The Bertz CT molecular complexity index is 364. The average molecular weight is 316 g/mol. The highest BCUT2D eigenvalue weighted by Crippen LogP contribution is 2.22. The second kappa shape index (κ2) is 7.90. The lowest BCUT2D eigenvalue weighted by Gasteiger charge is -2.25. The van der Waals surface area contributed by atoms with E-state index in [0.29, 0.717) is 4.47 Å². The zero-order valence-electron chi connectivity index (χ0n) is 11.5. The predicted octanol–water partition coefficient (Wildman–Crippen LogP) is 4.85. The minimum Gasteiger partial charge on any atom is -0.299 e. The number of rotatable bonds is 7. The van der Waals surface area contributed by atoms with Crippen LogP contribution in [-0.4, -0.2) is 18.0 Å². The van der Waals surface area contributed by atoms with E-state index >= 15 is 0 Å². The molecule has 0 heterocycles. The Morgan fingerprint density at radius 3 is 2.44 bits per heavy atom. The lowest BCUT2D eigenvalue weighted by atomic mass is 10.0. The van der Waals surface area contributed by atoms with Gasteiger partial charge in [0.15, 0.2) is 0 Å². The molecule has 0 aromatic heterocycles. The minimum absolute atomic E-state index is 0.175. The molecule has 0 saturated carbocycles. The van der Waals surface area contributed by atoms with Gasteiger partial charge in [0.2, 0.25) is 0 Å². The van der Waals surface area contributed by atoms with Crippen LogP contribution in [0.2, 0.25) is 0 Å². The minimum atomic E-state index is -0.175. The van der Waals surface area contributed by atoms with Crippen LogP contribution >= 0.6 is 15.9 Å². The fourth-order valence-corrected chi connectivity index (χ4v) is 2.52. The van der Waals surface area contributed by atoms with Gasteiger partial charge in [0.05, 0.1) is 4.47 Å². The molecule has 0 N–H and O–H groups in total. The quantitative estimate of drug-likeness (QED) is 0.695. The van der Waals surface area contributed by atoms with Crippen molar-refractivity contribution in [3.05, 3.63) is 34.1 Å². The smallest absolute Gasteiger partial charge is 0.137 e. The van der Waals surface area contributed by atoms with E-state index in [1.807, 2.05) is 6.07 Å². The van der Waals surface area contributed by atoms with E-state index in [1.54, 1.807) is 6.07 Å². The number of nitrogens with zero attached hydrogens (tertiary/aromatic N) is 1. The molecule has 0 fully saturated rings. The van der Waals surface area contributed by atoms with Gasteiger partial charge in [-0.05, 0) is 40.0 Å². The first-order valence-electron chi connectivity index (χ1n) is 6.77. The Hall–Kier alpha value is -0.410. The van der Waals surface area contributed by atoms with Crippen molar-refractivity contribution in [2.45, 2.75) is 40.2 Å². The largest absolute Gasteiger partial charge is 0.299 e. The van der Waals surface area contributed by atoms with Gasteiger partial charge in [-0.15, -0.1) is 0 Å². The van der Waals surface area contributed by atoms with Crippen molar-refractivity contribution in [1.29, 1.82) is 0 Å². The molecule has 0 aliphatic carbocycles. The summed E-state index contributed by atoms with van der Waals surface area (Å²) in [5.74, 6) is 0.559. The Kier molecular flexibility index (Phi) is 6.87. The fourth-order valence-electron chi connectivity index (χ4n) is 2.13. The van der Waals surface area contributed by atoms with E-state index in [0.717, 1.165) is 31.1 Å². The Balaban J connectivity index is 2.70. The van der Waals surface area contributed by atoms with Crippen LogP contribution in [0.3, 0.4) is 0 Å². The summed E-state index contributed by atoms with van der Waals surface area (Å²) in [7, 11) is 0. The lowest BCUT2D eigenvalue weighted by Crippen LogP contribution is -2.29. The molecule has 0 amide bonds. The normalized spacial score (nSPS) is 11.5. The van der Waals surface area contributed by atoms with Gasteiger partial charge in [0.1, 0.15) is 5.82 Å². The number of benzene rings is 1. The molecular weight excluding hydrogens is 293 g/mol. The van der Waals surface area contributed by atoms with Gasteiger partial charge >= 0.3 is 0 Å². The van der Waals surface area contributed by atoms with Crippen LogP contribution < -0.4 is 0 Å². The standard InChI is InChI=1S/C15H23BrFN/c1-4-12(5-2)10-18(6-3)11-13-8-7-9-14(17)15(13)16/h7-9,12H,4-6,10-11H2,1-3H3. The van der Waals surface area contributed by atoms with Gasteiger partial charge < -0.3 is 0 Å². The topological polar surface area (TPSA) is 3.24 Å². The first kappa shape index (κ1) is 15.6. The van der Waals surface area contributed by atoms with E-state index in [9.17, 15) is 4.39 Å². The van der Waals surface area contributed by atoms with E-state index in [1.165, 1.54) is 18.9 Å². The van der Waals surface area contributed by atoms with Crippen LogP contribution in [0.15, 0.2) is 22.7 Å². The van der Waals surface area contributed by atoms with Gasteiger partial charge in [-0.25, -0.2) is 4.39 Å². The van der Waals surface area contributed by atoms with Gasteiger partial charge in [0.25, 0.3) is 0 Å². The first-order chi connectivity index (χ1) is 8.62. The van der Waals surface area contributed by atoms with Crippen molar-refractivity contribution in [3.8, 4) is 0 Å². The van der Waals surface area contributed by atoms with Crippen molar-refractivity contribution < 1.29 is 4.39 Å². The molecule has 0 aliphatic heterocycles. The molecule has 102 valence electrons. The third-order valence-corrected chi connectivity index (χ3v) is 4.43. The van der Waals surface area contributed by atoms with Crippen molar-refractivity contribution in [3.63, 3.8) is 0 Å². The lowest BCUT2D eigenvalue weighted by molar-refractivity contribution is 0.225. The highest BCUT2D eigenvalue weighted by Gasteiger charge is 2.13. The molecule has 0 spiro atoms. The zero-order chi connectivity index (χ0) is 13.5. The van der Waals surface area contributed by atoms with Gasteiger partial charge in [-0.1, -0.05) is 45.7 Å². The third-order valence-electron chi connectivity index (χ3n) is 3.54. The summed E-state index contributed by atoms with van der Waals surface area (Å²) in [6.07, 6.45) is 2.41. The molecule has 0 radical (unpaired) electrons. The van der Waals surface area contributed by atoms with E-state index in [4.69, 9.17) is 0 Å². The van der Waals surface area contributed by atoms with Crippen molar-refractivity contribution in [2.24, 2.45) is 5.92 Å². The first-order valence-corrected chi connectivity index (χ1v) is 7.56. The summed E-state index contributed by atoms with van der Waals surface area (Å²) in [6, 6.07) is 5.26. The molecule has 3 heteroatoms. The molecule has 1 rings (SSSR count). The van der Waals surface area contributed by atoms with Crippen LogP contribution in [0.1, 0.15) is 39.2 Å². The molecule has 0 saturated heterocycles. The molecule has 1 aromatic carbocycles. The van der Waals surface area contributed by atoms with Gasteiger partial charge in [-0.2, -0.15) is 0 Å². The summed E-state index contributed by atoms with van der Waals surface area (Å²) >= 11 is 3.34. The molecule has 1 aromatic rings. The second-order valence-electron chi connectivity index (χ2n) is 4.72. The maximum Gasteiger partial charge on any atom is 0.137 e. The van der Waals surface area contributed by atoms with Crippen molar-refractivity contribution in [2.75, 3.05) is 13.1 Å². The highest BCUT2D eigenvalue weighted by atomic mass is 79.9. The maximum atomic E-state index is 13.5. The van der Waals surface area contributed by atoms with Crippen LogP contribution in [0.25, 0.3) is 0 Å². The molecule has 0 atom stereocenters. The monoisotopic (exact) mass is 315 g/mol. The van der Waals surface area contributed by atoms with Crippen molar-refractivity contribution >= 4 is 15.9 Å². The maximum absolute atomic E-state index is 13.5. The molecule has 18 heavy (non-hydrogen) atoms. The third kappa shape index (κ3) is 4.36. The molecular formula is C15H23BrFN. The van der Waals surface area contributed by atoms with Crippen LogP contribution in [0.4, 0.5) is 4.39 Å². The summed E-state index contributed by atoms with van der Waals surface area (Å²) in [4.78, 5) is 2.39. The number of hydrogen-bond donors (Lipinski definition) is 0. The van der Waals surface area contributed by atoms with E-state index in [-0.39, 0.29) is 5.82 Å². The number of hydrogen-bond acceptors (Lipinski definition) is 1. The SMILES string of the molecule is CCC(CC)CN(CC)Cc1cccc(F)c1Br. The van der Waals surface area contributed by atoms with Crippen LogP contribution in [-0.2, 0) is 6.54 Å². The zero-order valence-corrected chi connectivity index (χ0v) is 13.1. The van der Waals surface area contributed by atoms with Gasteiger partial charge in [-0.3, -0.25) is 4.90 Å². The fraction of sp³-hybridized carbons (Fsp3) is 0.600. The van der Waals surface area contributed by atoms with Crippen molar-refractivity contribution in [1.82, 2.24) is 4.90 Å².